The van der Waals surface area contributed by atoms with E-state index in [1.54, 1.807) is 19.9 Å². The van der Waals surface area contributed by atoms with Crippen LogP contribution in [0.2, 0.25) is 0 Å². The lowest BCUT2D eigenvalue weighted by Gasteiger charge is -2.61. The van der Waals surface area contributed by atoms with Crippen molar-refractivity contribution >= 4 is 23.2 Å². The molecule has 8 atom stereocenters. The highest BCUT2D eigenvalue weighted by atomic mass is 35.5. The van der Waals surface area contributed by atoms with Gasteiger partial charge in [-0.15, -0.1) is 11.6 Å². The van der Waals surface area contributed by atoms with Crippen LogP contribution in [0.25, 0.3) is 0 Å². The molecule has 2 fully saturated rings. The Kier molecular flexibility index (Phi) is 4.19. The Morgan fingerprint density at radius 2 is 2.04 bits per heavy atom. The summed E-state index contributed by atoms with van der Waals surface area (Å²) in [6.07, 6.45) is 7.24. The third-order valence-electron chi connectivity index (χ3n) is 8.31. The molecule has 2 saturated carbocycles. The number of allylic oxidation sites excluding steroid dienone is 6. The average Bonchev–Trinajstić information content (AvgIpc) is 2.84. The number of alkyl halides is 2. The monoisotopic (exact) mass is 408 g/mol. The summed E-state index contributed by atoms with van der Waals surface area (Å²) >= 11 is 7.13. The average molecular weight is 409 g/mol. The van der Waals surface area contributed by atoms with Crippen LogP contribution in [0.5, 0.6) is 0 Å². The number of fused-ring (bicyclic) bond motifs is 5. The third kappa shape index (κ3) is 2.03. The standard InChI is InChI=1S/C22H26ClFO4/c1-12-8-16-15-5-4-13-9-14(26)6-7-19(13,2)21(15,23)17(24)10-20(16,3)22(12,28)18(27)11-25/h4-7,9,12,15-17,25,28H,8,10-11H2,1-3H3/t12-,15-,16-,17-,19-,20-,21-,22-/m0/s1. The van der Waals surface area contributed by atoms with Crippen LogP contribution in [0.4, 0.5) is 4.39 Å². The van der Waals surface area contributed by atoms with Gasteiger partial charge in [0, 0.05) is 16.7 Å². The second-order valence-corrected chi connectivity index (χ2v) is 10.00. The molecule has 0 amide bonds. The zero-order chi connectivity index (χ0) is 20.7. The number of halogens is 2. The van der Waals surface area contributed by atoms with Gasteiger partial charge in [-0.2, -0.15) is 0 Å². The van der Waals surface area contributed by atoms with E-state index in [0.29, 0.717) is 12.0 Å². The van der Waals surface area contributed by atoms with Crippen molar-refractivity contribution in [2.75, 3.05) is 6.61 Å². The zero-order valence-electron chi connectivity index (χ0n) is 16.3. The molecule has 0 aliphatic heterocycles. The number of hydrogen-bond acceptors (Lipinski definition) is 4. The maximum Gasteiger partial charge on any atom is 0.190 e. The molecule has 0 spiro atoms. The van der Waals surface area contributed by atoms with E-state index >= 15 is 4.39 Å². The lowest BCUT2D eigenvalue weighted by Crippen LogP contribution is -2.67. The number of ketones is 2. The number of rotatable bonds is 2. The number of aliphatic hydroxyl groups excluding tert-OH is 1. The summed E-state index contributed by atoms with van der Waals surface area (Å²) in [7, 11) is 0. The molecular weight excluding hydrogens is 383 g/mol. The first kappa shape index (κ1) is 20.0. The zero-order valence-corrected chi connectivity index (χ0v) is 17.0. The van der Waals surface area contributed by atoms with Crippen LogP contribution in [-0.2, 0) is 9.59 Å². The Labute approximate surface area is 169 Å². The fourth-order valence-electron chi connectivity index (χ4n) is 6.66. The van der Waals surface area contributed by atoms with Gasteiger partial charge < -0.3 is 10.2 Å². The van der Waals surface area contributed by atoms with Gasteiger partial charge in [-0.25, -0.2) is 4.39 Å². The van der Waals surface area contributed by atoms with Gasteiger partial charge in [0.25, 0.3) is 0 Å². The van der Waals surface area contributed by atoms with Crippen LogP contribution < -0.4 is 0 Å². The van der Waals surface area contributed by atoms with E-state index in [4.69, 9.17) is 11.6 Å². The summed E-state index contributed by atoms with van der Waals surface area (Å²) in [5.41, 5.74) is -3.01. The van der Waals surface area contributed by atoms with E-state index in [1.165, 1.54) is 12.2 Å². The topological polar surface area (TPSA) is 74.6 Å². The quantitative estimate of drug-likeness (QED) is 0.689. The molecule has 4 nitrogen and oxygen atoms in total. The van der Waals surface area contributed by atoms with Gasteiger partial charge in [0.05, 0.1) is 4.87 Å². The Balaban J connectivity index is 1.88. The predicted molar refractivity (Wildman–Crippen MR) is 103 cm³/mol. The highest BCUT2D eigenvalue weighted by Crippen LogP contribution is 2.70. The number of carbonyl (C=O) groups excluding carboxylic acids is 2. The second-order valence-electron chi connectivity index (χ2n) is 9.37. The normalized spacial score (nSPS) is 52.0. The van der Waals surface area contributed by atoms with Crippen molar-refractivity contribution in [1.82, 2.24) is 0 Å². The molecule has 28 heavy (non-hydrogen) atoms. The Morgan fingerprint density at radius 1 is 1.36 bits per heavy atom. The molecule has 0 saturated heterocycles. The maximum absolute atomic E-state index is 15.9. The number of aliphatic hydroxyl groups is 2. The summed E-state index contributed by atoms with van der Waals surface area (Å²) in [5.74, 6) is -1.88. The van der Waals surface area contributed by atoms with Crippen LogP contribution >= 0.6 is 11.6 Å². The van der Waals surface area contributed by atoms with E-state index in [0.717, 1.165) is 0 Å². The SMILES string of the molecule is C[C@H]1C[C@H]2[C@@H]3C=CC4=CC(=O)C=C[C@]4(C)[C@@]3(Cl)[C@@H](F)C[C@]2(C)[C@@]1(O)C(=O)CO. The minimum Gasteiger partial charge on any atom is -0.388 e. The number of carbonyl (C=O) groups is 2. The van der Waals surface area contributed by atoms with Gasteiger partial charge in [0.2, 0.25) is 0 Å². The van der Waals surface area contributed by atoms with Crippen molar-refractivity contribution in [1.29, 1.82) is 0 Å². The molecule has 4 aliphatic rings. The maximum atomic E-state index is 15.9. The molecule has 0 aromatic carbocycles. The molecule has 0 bridgehead atoms. The minimum absolute atomic E-state index is 0.0806. The van der Waals surface area contributed by atoms with Gasteiger partial charge in [0.15, 0.2) is 11.6 Å². The van der Waals surface area contributed by atoms with Crippen molar-refractivity contribution < 1.29 is 24.2 Å². The van der Waals surface area contributed by atoms with Gasteiger partial charge >= 0.3 is 0 Å². The molecule has 0 aromatic rings. The fraction of sp³-hybridized carbons (Fsp3) is 0.636. The molecule has 0 heterocycles. The summed E-state index contributed by atoms with van der Waals surface area (Å²) in [5, 5.41) is 20.9. The lowest BCUT2D eigenvalue weighted by atomic mass is 9.47. The Bertz CT molecular complexity index is 849. The lowest BCUT2D eigenvalue weighted by molar-refractivity contribution is -0.170. The molecular formula is C22H26ClFO4. The summed E-state index contributed by atoms with van der Waals surface area (Å²) < 4.78 is 15.9. The van der Waals surface area contributed by atoms with E-state index in [-0.39, 0.29) is 18.1 Å². The minimum atomic E-state index is -1.79. The van der Waals surface area contributed by atoms with Gasteiger partial charge in [-0.3, -0.25) is 9.59 Å². The van der Waals surface area contributed by atoms with E-state index < -0.39 is 51.7 Å². The first-order chi connectivity index (χ1) is 13.0. The molecule has 0 unspecified atom stereocenters. The van der Waals surface area contributed by atoms with E-state index in [9.17, 15) is 19.8 Å². The summed E-state index contributed by atoms with van der Waals surface area (Å²) in [4.78, 5) is 23.1. The van der Waals surface area contributed by atoms with Crippen LogP contribution in [0.1, 0.15) is 33.6 Å². The molecule has 4 rings (SSSR count). The Hall–Kier alpha value is -1.30. The molecule has 0 radical (unpaired) electrons. The van der Waals surface area contributed by atoms with Crippen molar-refractivity contribution in [3.8, 4) is 0 Å². The van der Waals surface area contributed by atoms with Crippen molar-refractivity contribution in [2.45, 2.75) is 50.3 Å². The Morgan fingerprint density at radius 3 is 2.68 bits per heavy atom. The van der Waals surface area contributed by atoms with Crippen LogP contribution in [0, 0.1) is 28.6 Å². The van der Waals surface area contributed by atoms with E-state index in [2.05, 4.69) is 0 Å². The van der Waals surface area contributed by atoms with Gasteiger partial charge in [-0.05, 0) is 42.4 Å². The van der Waals surface area contributed by atoms with Crippen molar-refractivity contribution in [2.24, 2.45) is 28.6 Å². The highest BCUT2D eigenvalue weighted by molar-refractivity contribution is 6.26. The fourth-order valence-corrected chi connectivity index (χ4v) is 7.14. The van der Waals surface area contributed by atoms with Crippen molar-refractivity contribution in [3.63, 3.8) is 0 Å². The number of hydrogen-bond donors (Lipinski definition) is 2. The van der Waals surface area contributed by atoms with E-state index in [1.807, 2.05) is 19.1 Å². The van der Waals surface area contributed by atoms with Gasteiger partial charge in [-0.1, -0.05) is 39.0 Å². The summed E-state index contributed by atoms with van der Waals surface area (Å²) in [6.45, 7) is 4.60. The van der Waals surface area contributed by atoms with Crippen LogP contribution in [0.15, 0.2) is 36.0 Å². The molecule has 4 aliphatic carbocycles. The third-order valence-corrected chi connectivity index (χ3v) is 9.19. The highest BCUT2D eigenvalue weighted by Gasteiger charge is 2.74. The first-order valence-corrected chi connectivity index (χ1v) is 10.2. The molecule has 2 N–H and O–H groups in total. The number of Topliss-reactive ketones (excluding diaryl/α,β-unsaturated/α-hetero) is 1. The summed E-state index contributed by atoms with van der Waals surface area (Å²) in [6, 6.07) is 0. The molecule has 152 valence electrons. The van der Waals surface area contributed by atoms with Crippen LogP contribution in [0.3, 0.4) is 0 Å². The second kappa shape index (κ2) is 5.87. The largest absolute Gasteiger partial charge is 0.388 e. The molecule has 0 aromatic heterocycles. The first-order valence-electron chi connectivity index (χ1n) is 9.80. The van der Waals surface area contributed by atoms with Gasteiger partial charge in [0.1, 0.15) is 18.4 Å². The smallest absolute Gasteiger partial charge is 0.190 e. The predicted octanol–water partition coefficient (Wildman–Crippen LogP) is 2.92. The van der Waals surface area contributed by atoms with Crippen molar-refractivity contribution in [3.05, 3.63) is 36.0 Å². The molecule has 6 heteroatoms. The van der Waals surface area contributed by atoms with Crippen LogP contribution in [-0.4, -0.2) is 45.0 Å².